The highest BCUT2D eigenvalue weighted by Gasteiger charge is 2.31. The lowest BCUT2D eigenvalue weighted by atomic mass is 9.92. The first-order valence-electron chi connectivity index (χ1n) is 8.76. The first kappa shape index (κ1) is 17.6. The number of carbonyl (C=O) groups is 1. The zero-order chi connectivity index (χ0) is 19.1. The number of piperidine rings is 1. The van der Waals surface area contributed by atoms with Crippen molar-refractivity contribution in [2.24, 2.45) is 5.92 Å². The van der Waals surface area contributed by atoms with Crippen LogP contribution in [0.2, 0.25) is 0 Å². The number of hydrogen-bond donors (Lipinski definition) is 1. The van der Waals surface area contributed by atoms with Gasteiger partial charge in [0.05, 0.1) is 28.6 Å². The van der Waals surface area contributed by atoms with E-state index >= 15 is 0 Å². The topological polar surface area (TPSA) is 102 Å². The highest BCUT2D eigenvalue weighted by atomic mass is 79.9. The van der Waals surface area contributed by atoms with Crippen molar-refractivity contribution in [1.29, 1.82) is 10.5 Å². The van der Waals surface area contributed by atoms with Gasteiger partial charge in [0.15, 0.2) is 0 Å². The molecule has 136 valence electrons. The van der Waals surface area contributed by atoms with Crippen molar-refractivity contribution in [3.05, 3.63) is 28.6 Å². The van der Waals surface area contributed by atoms with E-state index in [1.54, 1.807) is 17.3 Å². The summed E-state index contributed by atoms with van der Waals surface area (Å²) in [7, 11) is 0. The Kier molecular flexibility index (Phi) is 4.37. The third-order valence-electron chi connectivity index (χ3n) is 5.42. The largest absolute Gasteiger partial charge is 0.345 e. The fourth-order valence-electron chi connectivity index (χ4n) is 3.94. The molecule has 7 nitrogen and oxygen atoms in total. The maximum atomic E-state index is 12.2. The van der Waals surface area contributed by atoms with Crippen LogP contribution in [0.4, 0.5) is 0 Å². The van der Waals surface area contributed by atoms with Gasteiger partial charge in [0.2, 0.25) is 5.91 Å². The van der Waals surface area contributed by atoms with E-state index < -0.39 is 0 Å². The number of hydrogen-bond acceptors (Lipinski definition) is 4. The summed E-state index contributed by atoms with van der Waals surface area (Å²) < 4.78 is 3.07. The van der Waals surface area contributed by atoms with Gasteiger partial charge < -0.3 is 14.5 Å². The lowest BCUT2D eigenvalue weighted by Crippen LogP contribution is -2.43. The lowest BCUT2D eigenvalue weighted by Gasteiger charge is -2.38. The first-order valence-corrected chi connectivity index (χ1v) is 9.55. The number of rotatable bonds is 2. The Morgan fingerprint density at radius 3 is 3.04 bits per heavy atom. The van der Waals surface area contributed by atoms with E-state index in [2.05, 4.69) is 43.5 Å². The Morgan fingerprint density at radius 2 is 2.30 bits per heavy atom. The number of fused-ring (bicyclic) bond motifs is 3. The van der Waals surface area contributed by atoms with Gasteiger partial charge in [-0.3, -0.25) is 4.79 Å². The minimum Gasteiger partial charge on any atom is -0.345 e. The van der Waals surface area contributed by atoms with Crippen LogP contribution < -0.4 is 0 Å². The molecule has 27 heavy (non-hydrogen) atoms. The van der Waals surface area contributed by atoms with Gasteiger partial charge in [0.1, 0.15) is 18.1 Å². The molecule has 0 bridgehead atoms. The maximum Gasteiger partial charge on any atom is 0.236 e. The Hall–Kier alpha value is -2.84. The molecule has 3 aromatic rings. The number of nitriles is 2. The molecule has 0 unspecified atom stereocenters. The van der Waals surface area contributed by atoms with Crippen LogP contribution in [0, 0.1) is 28.6 Å². The van der Waals surface area contributed by atoms with Crippen molar-refractivity contribution in [3.63, 3.8) is 0 Å². The number of amides is 1. The predicted octanol–water partition coefficient (Wildman–Crippen LogP) is 3.47. The van der Waals surface area contributed by atoms with Crippen molar-refractivity contribution in [2.75, 3.05) is 13.1 Å². The van der Waals surface area contributed by atoms with E-state index in [0.717, 1.165) is 27.2 Å². The van der Waals surface area contributed by atoms with Gasteiger partial charge in [-0.15, -0.1) is 0 Å². The van der Waals surface area contributed by atoms with Crippen molar-refractivity contribution in [1.82, 2.24) is 19.4 Å². The zero-order valence-corrected chi connectivity index (χ0v) is 16.3. The van der Waals surface area contributed by atoms with Gasteiger partial charge in [-0.2, -0.15) is 10.5 Å². The van der Waals surface area contributed by atoms with Gasteiger partial charge in [-0.05, 0) is 28.3 Å². The quantitative estimate of drug-likeness (QED) is 0.679. The fraction of sp³-hybridized carbons (Fsp3) is 0.368. The van der Waals surface area contributed by atoms with Crippen LogP contribution in [0.5, 0.6) is 0 Å². The molecule has 1 saturated heterocycles. The second-order valence-corrected chi connectivity index (χ2v) is 7.80. The molecule has 1 N–H and O–H groups in total. The van der Waals surface area contributed by atoms with E-state index in [4.69, 9.17) is 5.26 Å². The van der Waals surface area contributed by atoms with Gasteiger partial charge in [0, 0.05) is 41.5 Å². The maximum absolute atomic E-state index is 12.2. The monoisotopic (exact) mass is 424 g/mol. The molecule has 1 amide bonds. The van der Waals surface area contributed by atoms with E-state index in [9.17, 15) is 10.1 Å². The van der Waals surface area contributed by atoms with E-state index in [1.165, 1.54) is 0 Å². The molecular formula is C19H17BrN6O. The third-order valence-corrected chi connectivity index (χ3v) is 6.05. The summed E-state index contributed by atoms with van der Waals surface area (Å²) in [5, 5.41) is 20.1. The van der Waals surface area contributed by atoms with Crippen LogP contribution >= 0.6 is 15.9 Å². The average molecular weight is 425 g/mol. The highest BCUT2D eigenvalue weighted by molar-refractivity contribution is 9.10. The third kappa shape index (κ3) is 2.77. The Balaban J connectivity index is 1.88. The molecule has 0 aromatic carbocycles. The molecule has 1 aliphatic heterocycles. The minimum atomic E-state index is -0.129. The van der Waals surface area contributed by atoms with Crippen LogP contribution in [0.25, 0.3) is 21.9 Å². The van der Waals surface area contributed by atoms with E-state index in [0.29, 0.717) is 30.2 Å². The van der Waals surface area contributed by atoms with Crippen molar-refractivity contribution in [3.8, 4) is 12.1 Å². The van der Waals surface area contributed by atoms with Crippen LogP contribution in [-0.2, 0) is 4.79 Å². The molecule has 0 radical (unpaired) electrons. The molecule has 1 aliphatic rings. The summed E-state index contributed by atoms with van der Waals surface area (Å²) in [5.41, 5.74) is 2.17. The van der Waals surface area contributed by atoms with Gasteiger partial charge >= 0.3 is 0 Å². The molecule has 4 rings (SSSR count). The summed E-state index contributed by atoms with van der Waals surface area (Å²) in [6.07, 6.45) is 6.25. The Bertz CT molecular complexity index is 1130. The molecule has 1 fully saturated rings. The van der Waals surface area contributed by atoms with Gasteiger partial charge in [0.25, 0.3) is 0 Å². The standard InChI is InChI=1S/C19H17BrN6O/c1-11-3-5-25(16(27)2-4-21)10-15(11)26-9-14(20)13-8-24-19-17(18(13)26)12(6-22)7-23-19/h7-9,11,15H,2-3,5,10H2,1H3,(H,23,24)/t11-,15+/m1/s1. The number of H-pyrrole nitrogens is 1. The molecule has 0 aliphatic carbocycles. The normalized spacial score (nSPS) is 19.9. The number of carbonyl (C=O) groups excluding carboxylic acids is 1. The predicted molar refractivity (Wildman–Crippen MR) is 104 cm³/mol. The smallest absolute Gasteiger partial charge is 0.236 e. The van der Waals surface area contributed by atoms with Gasteiger partial charge in [-0.1, -0.05) is 6.92 Å². The number of halogens is 1. The van der Waals surface area contributed by atoms with Gasteiger partial charge in [-0.25, -0.2) is 4.98 Å². The number of aromatic amines is 1. The first-order chi connectivity index (χ1) is 13.0. The summed E-state index contributed by atoms with van der Waals surface area (Å²) >= 11 is 3.62. The van der Waals surface area contributed by atoms with Crippen molar-refractivity contribution >= 4 is 43.8 Å². The SMILES string of the molecule is C[C@@H]1CCN(C(=O)CC#N)C[C@@H]1n1cc(Br)c2cnc3[nH]cc(C#N)c3c21. The molecular weight excluding hydrogens is 408 g/mol. The second-order valence-electron chi connectivity index (χ2n) is 6.95. The Morgan fingerprint density at radius 1 is 1.48 bits per heavy atom. The molecule has 0 saturated carbocycles. The second kappa shape index (κ2) is 6.71. The number of likely N-dealkylation sites (tertiary alicyclic amines) is 1. The molecule has 0 spiro atoms. The molecule has 8 heteroatoms. The summed E-state index contributed by atoms with van der Waals surface area (Å²) in [5.74, 6) is 0.224. The van der Waals surface area contributed by atoms with Crippen LogP contribution in [0.1, 0.15) is 31.4 Å². The molecule has 2 atom stereocenters. The molecule has 3 aromatic heterocycles. The summed E-state index contributed by atoms with van der Waals surface area (Å²) in [6, 6.07) is 4.24. The van der Waals surface area contributed by atoms with Crippen LogP contribution in [0.15, 0.2) is 23.1 Å². The van der Waals surface area contributed by atoms with E-state index in [-0.39, 0.29) is 18.4 Å². The van der Waals surface area contributed by atoms with Crippen LogP contribution in [-0.4, -0.2) is 38.4 Å². The Labute approximate surface area is 164 Å². The van der Waals surface area contributed by atoms with Crippen molar-refractivity contribution in [2.45, 2.75) is 25.8 Å². The average Bonchev–Trinajstić information content (AvgIpc) is 3.23. The fourth-order valence-corrected chi connectivity index (χ4v) is 4.46. The van der Waals surface area contributed by atoms with E-state index in [1.807, 2.05) is 12.3 Å². The van der Waals surface area contributed by atoms with Crippen LogP contribution in [0.3, 0.4) is 0 Å². The number of nitrogens with one attached hydrogen (secondary N) is 1. The summed E-state index contributed by atoms with van der Waals surface area (Å²) in [4.78, 5) is 21.5. The number of aromatic nitrogens is 3. The molecule has 4 heterocycles. The summed E-state index contributed by atoms with van der Waals surface area (Å²) in [6.45, 7) is 3.40. The number of pyridine rings is 1. The minimum absolute atomic E-state index is 0.0576. The highest BCUT2D eigenvalue weighted by Crippen LogP contribution is 2.38. The zero-order valence-electron chi connectivity index (χ0n) is 14.7. The lowest BCUT2D eigenvalue weighted by molar-refractivity contribution is -0.132. The van der Waals surface area contributed by atoms with Crippen molar-refractivity contribution < 1.29 is 4.79 Å². The number of nitrogens with zero attached hydrogens (tertiary/aromatic N) is 5.